The van der Waals surface area contributed by atoms with Crippen LogP contribution in [-0.4, -0.2) is 67.2 Å². The first-order chi connectivity index (χ1) is 15.6. The first-order valence-electron chi connectivity index (χ1n) is 12.6. The number of fused-ring (bicyclic) bond motifs is 1. The first kappa shape index (κ1) is 21.7. The van der Waals surface area contributed by atoms with Crippen LogP contribution in [-0.2, 0) is 22.4 Å². The van der Waals surface area contributed by atoms with Crippen molar-refractivity contribution in [2.24, 2.45) is 5.92 Å². The minimum Gasteiger partial charge on any atom is -0.469 e. The Morgan fingerprint density at radius 1 is 0.938 bits per heavy atom. The Kier molecular flexibility index (Phi) is 6.40. The fourth-order valence-electron chi connectivity index (χ4n) is 6.00. The molecular weight excluding hydrogens is 402 g/mol. The van der Waals surface area contributed by atoms with Gasteiger partial charge < -0.3 is 9.64 Å². The van der Waals surface area contributed by atoms with Crippen LogP contribution in [0.5, 0.6) is 0 Å². The highest BCUT2D eigenvalue weighted by Gasteiger charge is 2.37. The molecule has 0 bridgehead atoms. The maximum atomic E-state index is 13.3. The van der Waals surface area contributed by atoms with Crippen LogP contribution in [0.3, 0.4) is 0 Å². The summed E-state index contributed by atoms with van der Waals surface area (Å²) in [5.74, 6) is 0.470. The summed E-state index contributed by atoms with van der Waals surface area (Å²) in [4.78, 5) is 31.5. The third-order valence-corrected chi connectivity index (χ3v) is 8.18. The normalized spacial score (nSPS) is 26.7. The molecule has 6 nitrogen and oxygen atoms in total. The van der Waals surface area contributed by atoms with Crippen LogP contribution in [0.15, 0.2) is 18.2 Å². The Bertz CT molecular complexity index is 845. The van der Waals surface area contributed by atoms with Gasteiger partial charge in [-0.25, -0.2) is 4.79 Å². The predicted molar refractivity (Wildman–Crippen MR) is 125 cm³/mol. The van der Waals surface area contributed by atoms with Gasteiger partial charge in [0.25, 0.3) is 0 Å². The maximum Gasteiger partial charge on any atom is 0.324 e. The van der Waals surface area contributed by atoms with E-state index in [1.165, 1.54) is 37.6 Å². The Morgan fingerprint density at radius 3 is 2.38 bits per heavy atom. The lowest BCUT2D eigenvalue weighted by atomic mass is 9.83. The molecule has 2 aliphatic heterocycles. The second-order valence-electron chi connectivity index (χ2n) is 10.1. The van der Waals surface area contributed by atoms with Crippen molar-refractivity contribution in [1.82, 2.24) is 9.80 Å². The molecule has 2 saturated carbocycles. The number of methoxy groups -OCH3 is 1. The van der Waals surface area contributed by atoms with Crippen LogP contribution in [0.4, 0.5) is 10.5 Å². The standard InChI is InChI=1S/C26H37N3O3/c1-32-25(30)11-4-19-2-6-23(7-3-19)28-16-17-29(26(28)31)24-8-5-20-12-14-27(22-9-10-22)15-13-21(20)18-24/h5,8,18-19,22-23H,2-4,6-7,9-17H2,1H3/t19-,23-. The van der Waals surface area contributed by atoms with E-state index in [9.17, 15) is 9.59 Å². The number of hydrogen-bond donors (Lipinski definition) is 0. The predicted octanol–water partition coefficient (Wildman–Crippen LogP) is 4.00. The average Bonchev–Trinajstić information content (AvgIpc) is 3.62. The lowest BCUT2D eigenvalue weighted by Gasteiger charge is -2.34. The van der Waals surface area contributed by atoms with Crippen molar-refractivity contribution in [2.75, 3.05) is 38.2 Å². The summed E-state index contributed by atoms with van der Waals surface area (Å²) in [5.41, 5.74) is 3.97. The molecule has 4 aliphatic rings. The lowest BCUT2D eigenvalue weighted by molar-refractivity contribution is -0.141. The molecular formula is C26H37N3O3. The number of anilines is 1. The largest absolute Gasteiger partial charge is 0.469 e. The number of nitrogens with zero attached hydrogens (tertiary/aromatic N) is 3. The first-order valence-corrected chi connectivity index (χ1v) is 12.6. The Labute approximate surface area is 191 Å². The van der Waals surface area contributed by atoms with E-state index in [1.807, 2.05) is 4.90 Å². The van der Waals surface area contributed by atoms with Gasteiger partial charge in [-0.05, 0) is 87.0 Å². The molecule has 0 spiro atoms. The van der Waals surface area contributed by atoms with Gasteiger partial charge in [-0.15, -0.1) is 0 Å². The third kappa shape index (κ3) is 4.66. The number of carbonyl (C=O) groups is 2. The Morgan fingerprint density at radius 2 is 1.66 bits per heavy atom. The summed E-state index contributed by atoms with van der Waals surface area (Å²) >= 11 is 0. The number of urea groups is 1. The van der Waals surface area contributed by atoms with Gasteiger partial charge >= 0.3 is 12.0 Å². The topological polar surface area (TPSA) is 53.1 Å². The molecule has 1 saturated heterocycles. The quantitative estimate of drug-likeness (QED) is 0.629. The molecule has 0 unspecified atom stereocenters. The molecule has 3 fully saturated rings. The highest BCUT2D eigenvalue weighted by atomic mass is 16.5. The fourth-order valence-corrected chi connectivity index (χ4v) is 6.00. The average molecular weight is 440 g/mol. The molecule has 32 heavy (non-hydrogen) atoms. The van der Waals surface area contributed by atoms with Gasteiger partial charge in [-0.3, -0.25) is 14.6 Å². The van der Waals surface area contributed by atoms with E-state index >= 15 is 0 Å². The number of benzene rings is 1. The number of carbonyl (C=O) groups excluding carboxylic acids is 2. The SMILES string of the molecule is COC(=O)CC[C@H]1CC[C@H](N2CCN(c3ccc4c(c3)CCN(C3CC3)CC4)C2=O)CC1. The van der Waals surface area contributed by atoms with Gasteiger partial charge in [0.2, 0.25) is 0 Å². The molecule has 0 radical (unpaired) electrons. The van der Waals surface area contributed by atoms with Crippen LogP contribution >= 0.6 is 0 Å². The zero-order valence-corrected chi connectivity index (χ0v) is 19.4. The number of esters is 1. The van der Waals surface area contributed by atoms with E-state index < -0.39 is 0 Å². The summed E-state index contributed by atoms with van der Waals surface area (Å²) in [6, 6.07) is 8.07. The van der Waals surface area contributed by atoms with Gasteiger partial charge in [0, 0.05) is 50.4 Å². The summed E-state index contributed by atoms with van der Waals surface area (Å²) in [7, 11) is 1.46. The van der Waals surface area contributed by atoms with Crippen LogP contribution < -0.4 is 4.90 Å². The highest BCUT2D eigenvalue weighted by molar-refractivity contribution is 5.94. The molecule has 0 N–H and O–H groups in total. The summed E-state index contributed by atoms with van der Waals surface area (Å²) in [6.07, 6.45) is 10.7. The van der Waals surface area contributed by atoms with Crippen molar-refractivity contribution >= 4 is 17.7 Å². The van der Waals surface area contributed by atoms with Gasteiger partial charge in [0.05, 0.1) is 7.11 Å². The fraction of sp³-hybridized carbons (Fsp3) is 0.692. The molecule has 1 aromatic rings. The third-order valence-electron chi connectivity index (χ3n) is 8.18. The number of rotatable bonds is 6. The minimum atomic E-state index is -0.113. The van der Waals surface area contributed by atoms with Crippen LogP contribution in [0, 0.1) is 5.92 Å². The maximum absolute atomic E-state index is 13.3. The molecule has 2 heterocycles. The van der Waals surface area contributed by atoms with Crippen LogP contribution in [0.2, 0.25) is 0 Å². The van der Waals surface area contributed by atoms with Gasteiger partial charge in [0.15, 0.2) is 0 Å². The lowest BCUT2D eigenvalue weighted by Crippen LogP contribution is -2.41. The van der Waals surface area contributed by atoms with E-state index in [0.717, 1.165) is 76.3 Å². The van der Waals surface area contributed by atoms with Crippen molar-refractivity contribution < 1.29 is 14.3 Å². The second-order valence-corrected chi connectivity index (χ2v) is 10.1. The summed E-state index contributed by atoms with van der Waals surface area (Å²) in [5, 5.41) is 0. The summed E-state index contributed by atoms with van der Waals surface area (Å²) in [6.45, 7) is 3.94. The number of hydrogen-bond acceptors (Lipinski definition) is 4. The zero-order valence-electron chi connectivity index (χ0n) is 19.4. The molecule has 6 heteroatoms. The van der Waals surface area contributed by atoms with Crippen LogP contribution in [0.1, 0.15) is 62.5 Å². The number of ether oxygens (including phenoxy) is 1. The molecule has 174 valence electrons. The van der Waals surface area contributed by atoms with Crippen molar-refractivity contribution in [3.05, 3.63) is 29.3 Å². The molecule has 0 atom stereocenters. The molecule has 1 aromatic carbocycles. The molecule has 0 aromatic heterocycles. The van der Waals surface area contributed by atoms with Crippen molar-refractivity contribution in [1.29, 1.82) is 0 Å². The van der Waals surface area contributed by atoms with Crippen LogP contribution in [0.25, 0.3) is 0 Å². The highest BCUT2D eigenvalue weighted by Crippen LogP contribution is 2.34. The van der Waals surface area contributed by atoms with Gasteiger partial charge in [0.1, 0.15) is 0 Å². The van der Waals surface area contributed by atoms with E-state index in [-0.39, 0.29) is 12.0 Å². The van der Waals surface area contributed by atoms with Crippen molar-refractivity contribution in [3.8, 4) is 0 Å². The van der Waals surface area contributed by atoms with Crippen molar-refractivity contribution in [2.45, 2.75) is 76.3 Å². The molecule has 5 rings (SSSR count). The van der Waals surface area contributed by atoms with E-state index in [2.05, 4.69) is 28.0 Å². The van der Waals surface area contributed by atoms with E-state index in [0.29, 0.717) is 18.4 Å². The molecule has 2 amide bonds. The summed E-state index contributed by atoms with van der Waals surface area (Å²) < 4.78 is 4.77. The molecule has 2 aliphatic carbocycles. The monoisotopic (exact) mass is 439 g/mol. The zero-order chi connectivity index (χ0) is 22.1. The minimum absolute atomic E-state index is 0.113. The van der Waals surface area contributed by atoms with Crippen molar-refractivity contribution in [3.63, 3.8) is 0 Å². The Balaban J connectivity index is 1.17. The van der Waals surface area contributed by atoms with E-state index in [1.54, 1.807) is 0 Å². The smallest absolute Gasteiger partial charge is 0.324 e. The number of amides is 2. The van der Waals surface area contributed by atoms with E-state index in [4.69, 9.17) is 4.74 Å². The Hall–Kier alpha value is -2.08. The second kappa shape index (κ2) is 9.42. The van der Waals surface area contributed by atoms with Gasteiger partial charge in [-0.2, -0.15) is 0 Å². The van der Waals surface area contributed by atoms with Gasteiger partial charge in [-0.1, -0.05) is 6.07 Å².